The monoisotopic (exact) mass is 373 g/mol. The number of nitrogens with zero attached hydrogens (tertiary/aromatic N) is 2. The van der Waals surface area contributed by atoms with E-state index in [1.54, 1.807) is 26.0 Å². The van der Waals surface area contributed by atoms with Crippen molar-refractivity contribution in [3.63, 3.8) is 0 Å². The number of nitrogens with one attached hydrogen (secondary N) is 1. The van der Waals surface area contributed by atoms with E-state index in [0.717, 1.165) is 28.6 Å². The van der Waals surface area contributed by atoms with Gasteiger partial charge in [0.2, 0.25) is 0 Å². The molecule has 0 atom stereocenters. The van der Waals surface area contributed by atoms with E-state index < -0.39 is 0 Å². The standard InChI is InChI=1S/C18H19N3O2S2/c1-22-14-7-8-16(23-2)12(9-14)10-17-19-20-18(24)21(17)13-5-4-6-15(11-13)25-3/h4-9,11H,10H2,1-3H3,(H,20,24). The summed E-state index contributed by atoms with van der Waals surface area (Å²) in [6.45, 7) is 0. The molecule has 0 radical (unpaired) electrons. The number of hydrogen-bond acceptors (Lipinski definition) is 5. The number of methoxy groups -OCH3 is 2. The van der Waals surface area contributed by atoms with Gasteiger partial charge in [-0.3, -0.25) is 9.67 Å². The molecular weight excluding hydrogens is 354 g/mol. The number of ether oxygens (including phenoxy) is 2. The lowest BCUT2D eigenvalue weighted by Gasteiger charge is -2.12. The molecule has 3 aromatic rings. The van der Waals surface area contributed by atoms with E-state index in [9.17, 15) is 0 Å². The first kappa shape index (κ1) is 17.6. The molecule has 0 bridgehead atoms. The molecule has 0 saturated carbocycles. The van der Waals surface area contributed by atoms with Crippen molar-refractivity contribution in [3.8, 4) is 17.2 Å². The SMILES string of the molecule is COc1ccc(OC)c(Cc2n[nH]c(=S)n2-c2cccc(SC)c2)c1. The van der Waals surface area contributed by atoms with Crippen molar-refractivity contribution >= 4 is 24.0 Å². The number of rotatable bonds is 6. The Kier molecular flexibility index (Phi) is 5.45. The summed E-state index contributed by atoms with van der Waals surface area (Å²) in [5.74, 6) is 2.38. The largest absolute Gasteiger partial charge is 0.497 e. The van der Waals surface area contributed by atoms with Crippen molar-refractivity contribution in [2.24, 2.45) is 0 Å². The molecule has 7 heteroatoms. The van der Waals surface area contributed by atoms with Crippen molar-refractivity contribution in [1.29, 1.82) is 0 Å². The van der Waals surface area contributed by atoms with Gasteiger partial charge in [-0.05, 0) is 54.9 Å². The highest BCUT2D eigenvalue weighted by molar-refractivity contribution is 7.98. The first-order valence-electron chi connectivity index (χ1n) is 7.68. The maximum atomic E-state index is 5.47. The summed E-state index contributed by atoms with van der Waals surface area (Å²) in [5, 5.41) is 7.31. The summed E-state index contributed by atoms with van der Waals surface area (Å²) in [6, 6.07) is 13.9. The average molecular weight is 374 g/mol. The molecule has 0 aliphatic rings. The van der Waals surface area contributed by atoms with Gasteiger partial charge in [-0.25, -0.2) is 0 Å². The maximum Gasteiger partial charge on any atom is 0.199 e. The predicted molar refractivity (Wildman–Crippen MR) is 103 cm³/mol. The number of aromatic amines is 1. The smallest absolute Gasteiger partial charge is 0.199 e. The lowest BCUT2D eigenvalue weighted by atomic mass is 10.1. The summed E-state index contributed by atoms with van der Waals surface area (Å²) in [6.07, 6.45) is 2.62. The van der Waals surface area contributed by atoms with Gasteiger partial charge in [-0.2, -0.15) is 5.10 Å². The third kappa shape index (κ3) is 3.72. The molecule has 1 aromatic heterocycles. The summed E-state index contributed by atoms with van der Waals surface area (Å²) in [4.78, 5) is 1.17. The second-order valence-electron chi connectivity index (χ2n) is 5.34. The first-order chi connectivity index (χ1) is 12.2. The van der Waals surface area contributed by atoms with Crippen LogP contribution in [0.25, 0.3) is 5.69 Å². The zero-order valence-electron chi connectivity index (χ0n) is 14.3. The molecule has 3 rings (SSSR count). The lowest BCUT2D eigenvalue weighted by molar-refractivity contribution is 0.399. The van der Waals surface area contributed by atoms with Crippen molar-refractivity contribution in [2.45, 2.75) is 11.3 Å². The van der Waals surface area contributed by atoms with Crippen LogP contribution in [0.4, 0.5) is 0 Å². The molecule has 25 heavy (non-hydrogen) atoms. The molecule has 0 aliphatic carbocycles. The summed E-state index contributed by atoms with van der Waals surface area (Å²) < 4.78 is 13.3. The molecule has 1 heterocycles. The van der Waals surface area contributed by atoms with Gasteiger partial charge in [0.1, 0.15) is 17.3 Å². The molecule has 0 unspecified atom stereocenters. The Bertz CT molecular complexity index is 934. The van der Waals surface area contributed by atoms with E-state index in [1.807, 2.05) is 34.9 Å². The third-order valence-corrected chi connectivity index (χ3v) is 4.89. The number of hydrogen-bond donors (Lipinski definition) is 1. The van der Waals surface area contributed by atoms with E-state index in [-0.39, 0.29) is 0 Å². The molecule has 1 N–H and O–H groups in total. The predicted octanol–water partition coefficient (Wildman–Crippen LogP) is 4.26. The van der Waals surface area contributed by atoms with Crippen LogP contribution in [0, 0.1) is 4.77 Å². The number of aromatic nitrogens is 3. The Hall–Kier alpha value is -2.25. The van der Waals surface area contributed by atoms with Crippen LogP contribution in [-0.4, -0.2) is 35.2 Å². The van der Waals surface area contributed by atoms with Crippen LogP contribution in [0.5, 0.6) is 11.5 Å². The van der Waals surface area contributed by atoms with Gasteiger partial charge in [0, 0.05) is 16.9 Å². The third-order valence-electron chi connectivity index (χ3n) is 3.89. The summed E-state index contributed by atoms with van der Waals surface area (Å²) in [7, 11) is 3.31. The quantitative estimate of drug-likeness (QED) is 0.517. The minimum absolute atomic E-state index is 0.565. The average Bonchev–Trinajstić information content (AvgIpc) is 3.01. The first-order valence-corrected chi connectivity index (χ1v) is 9.31. The fourth-order valence-electron chi connectivity index (χ4n) is 2.65. The Morgan fingerprint density at radius 2 is 2.00 bits per heavy atom. The fourth-order valence-corrected chi connectivity index (χ4v) is 3.36. The highest BCUT2D eigenvalue weighted by Crippen LogP contribution is 2.27. The number of benzene rings is 2. The lowest BCUT2D eigenvalue weighted by Crippen LogP contribution is -2.04. The van der Waals surface area contributed by atoms with Crippen molar-refractivity contribution in [2.75, 3.05) is 20.5 Å². The Morgan fingerprint density at radius 1 is 1.16 bits per heavy atom. The van der Waals surface area contributed by atoms with E-state index in [0.29, 0.717) is 11.2 Å². The van der Waals surface area contributed by atoms with Gasteiger partial charge in [0.15, 0.2) is 4.77 Å². The zero-order chi connectivity index (χ0) is 17.8. The van der Waals surface area contributed by atoms with Crippen molar-refractivity contribution < 1.29 is 9.47 Å². The van der Waals surface area contributed by atoms with Crippen molar-refractivity contribution in [1.82, 2.24) is 14.8 Å². The van der Waals surface area contributed by atoms with Crippen molar-refractivity contribution in [3.05, 3.63) is 58.6 Å². The number of H-pyrrole nitrogens is 1. The summed E-state index contributed by atoms with van der Waals surface area (Å²) in [5.41, 5.74) is 1.97. The molecular formula is C18H19N3O2S2. The van der Waals surface area contributed by atoms with Crippen LogP contribution in [0.15, 0.2) is 47.4 Å². The minimum Gasteiger partial charge on any atom is -0.497 e. The minimum atomic E-state index is 0.565. The van der Waals surface area contributed by atoms with Crippen LogP contribution < -0.4 is 9.47 Å². The summed E-state index contributed by atoms with van der Waals surface area (Å²) >= 11 is 7.14. The molecule has 0 spiro atoms. The Balaban J connectivity index is 2.04. The molecule has 0 fully saturated rings. The van der Waals surface area contributed by atoms with E-state index in [2.05, 4.69) is 28.6 Å². The van der Waals surface area contributed by atoms with E-state index in [4.69, 9.17) is 21.7 Å². The second kappa shape index (κ2) is 7.76. The second-order valence-corrected chi connectivity index (χ2v) is 6.60. The van der Waals surface area contributed by atoms with Gasteiger partial charge in [-0.15, -0.1) is 11.8 Å². The molecule has 2 aromatic carbocycles. The zero-order valence-corrected chi connectivity index (χ0v) is 15.9. The molecule has 0 saturated heterocycles. The van der Waals surface area contributed by atoms with Crippen LogP contribution in [-0.2, 0) is 6.42 Å². The van der Waals surface area contributed by atoms with Gasteiger partial charge >= 0.3 is 0 Å². The van der Waals surface area contributed by atoms with E-state index >= 15 is 0 Å². The number of thioether (sulfide) groups is 1. The van der Waals surface area contributed by atoms with E-state index in [1.165, 1.54) is 4.90 Å². The topological polar surface area (TPSA) is 52.1 Å². The highest BCUT2D eigenvalue weighted by Gasteiger charge is 2.13. The Labute approximate surface area is 156 Å². The van der Waals surface area contributed by atoms with Crippen LogP contribution in [0.2, 0.25) is 0 Å². The molecule has 130 valence electrons. The maximum absolute atomic E-state index is 5.47. The Morgan fingerprint density at radius 3 is 2.72 bits per heavy atom. The fraction of sp³-hybridized carbons (Fsp3) is 0.222. The van der Waals surface area contributed by atoms with Crippen LogP contribution in [0.3, 0.4) is 0 Å². The van der Waals surface area contributed by atoms with Gasteiger partial charge in [0.05, 0.1) is 19.9 Å². The van der Waals surface area contributed by atoms with Gasteiger partial charge in [0.25, 0.3) is 0 Å². The normalized spacial score (nSPS) is 10.7. The molecule has 0 aliphatic heterocycles. The van der Waals surface area contributed by atoms with Gasteiger partial charge in [-0.1, -0.05) is 6.07 Å². The van der Waals surface area contributed by atoms with Gasteiger partial charge < -0.3 is 9.47 Å². The molecule has 0 amide bonds. The highest BCUT2D eigenvalue weighted by atomic mass is 32.2. The van der Waals surface area contributed by atoms with Crippen LogP contribution >= 0.6 is 24.0 Å². The van der Waals surface area contributed by atoms with Crippen LogP contribution in [0.1, 0.15) is 11.4 Å². The molecule has 5 nitrogen and oxygen atoms in total.